The van der Waals surface area contributed by atoms with E-state index >= 15 is 0 Å². The number of aromatic amines is 1. The molecule has 1 amide bonds. The van der Waals surface area contributed by atoms with Gasteiger partial charge in [-0.1, -0.05) is 6.07 Å². The summed E-state index contributed by atoms with van der Waals surface area (Å²) < 4.78 is 18.5. The van der Waals surface area contributed by atoms with Crippen LogP contribution in [0.5, 0.6) is 0 Å². The number of ether oxygens (including phenoxy) is 1. The number of nitrogens with zero attached hydrogens (tertiary/aromatic N) is 1. The molecule has 1 aromatic carbocycles. The summed E-state index contributed by atoms with van der Waals surface area (Å²) in [4.78, 5) is 23.4. The number of amides is 1. The molecule has 1 aromatic heterocycles. The topological polar surface area (TPSA) is 84.1 Å². The van der Waals surface area contributed by atoms with Gasteiger partial charge < -0.3 is 10.1 Å². The number of carbonyl (C=O) groups excluding carboxylic acids is 2. The van der Waals surface area contributed by atoms with Gasteiger partial charge in [-0.3, -0.25) is 9.89 Å². The maximum Gasteiger partial charge on any atom is 0.356 e. The van der Waals surface area contributed by atoms with Crippen molar-refractivity contribution in [2.24, 2.45) is 0 Å². The molecule has 0 atom stereocenters. The van der Waals surface area contributed by atoms with Crippen molar-refractivity contribution in [2.45, 2.75) is 13.8 Å². The van der Waals surface area contributed by atoms with E-state index in [-0.39, 0.29) is 23.7 Å². The van der Waals surface area contributed by atoms with E-state index in [0.717, 1.165) is 0 Å². The highest BCUT2D eigenvalue weighted by molar-refractivity contribution is 6.04. The van der Waals surface area contributed by atoms with Crippen LogP contribution in [0.25, 0.3) is 0 Å². The Balaban J connectivity index is 2.11. The van der Waals surface area contributed by atoms with Crippen molar-refractivity contribution in [3.63, 3.8) is 0 Å². The third-order valence-corrected chi connectivity index (χ3v) is 2.68. The van der Waals surface area contributed by atoms with Gasteiger partial charge in [-0.25, -0.2) is 9.18 Å². The smallest absolute Gasteiger partial charge is 0.356 e. The number of halogens is 1. The molecule has 0 aliphatic rings. The molecule has 6 nitrogen and oxygen atoms in total. The first-order valence-electron chi connectivity index (χ1n) is 6.31. The predicted octanol–water partition coefficient (Wildman–Crippen LogP) is 2.29. The van der Waals surface area contributed by atoms with Crippen LogP contribution >= 0.6 is 0 Å². The SMILES string of the molecule is CCOC(=O)c1cc(NC(=O)c2ccc(C)cc2F)n[nH]1. The van der Waals surface area contributed by atoms with Crippen LogP contribution in [-0.2, 0) is 4.74 Å². The summed E-state index contributed by atoms with van der Waals surface area (Å²) in [5.41, 5.74) is 0.728. The summed E-state index contributed by atoms with van der Waals surface area (Å²) in [6.07, 6.45) is 0. The molecular weight excluding hydrogens is 277 g/mol. The maximum atomic E-state index is 13.7. The monoisotopic (exact) mass is 291 g/mol. The van der Waals surface area contributed by atoms with Gasteiger partial charge in [0.2, 0.25) is 0 Å². The third kappa shape index (κ3) is 3.44. The average molecular weight is 291 g/mol. The second-order valence-electron chi connectivity index (χ2n) is 4.32. The Morgan fingerprint density at radius 1 is 1.38 bits per heavy atom. The molecule has 0 fully saturated rings. The summed E-state index contributed by atoms with van der Waals surface area (Å²) >= 11 is 0. The highest BCUT2D eigenvalue weighted by Crippen LogP contribution is 2.13. The summed E-state index contributed by atoms with van der Waals surface area (Å²) in [5.74, 6) is -1.72. The van der Waals surface area contributed by atoms with Crippen molar-refractivity contribution in [3.8, 4) is 0 Å². The Hall–Kier alpha value is -2.70. The number of H-pyrrole nitrogens is 1. The summed E-state index contributed by atoms with van der Waals surface area (Å²) in [6, 6.07) is 5.61. The molecule has 21 heavy (non-hydrogen) atoms. The molecule has 0 spiro atoms. The van der Waals surface area contributed by atoms with Crippen LogP contribution in [0.15, 0.2) is 24.3 Å². The Morgan fingerprint density at radius 3 is 2.81 bits per heavy atom. The minimum Gasteiger partial charge on any atom is -0.461 e. The molecular formula is C14H14FN3O3. The van der Waals surface area contributed by atoms with Crippen LogP contribution in [0.1, 0.15) is 33.3 Å². The molecule has 0 unspecified atom stereocenters. The number of aromatic nitrogens is 2. The molecule has 0 saturated heterocycles. The Kier molecular flexibility index (Phi) is 4.32. The number of hydrogen-bond donors (Lipinski definition) is 2. The van der Waals surface area contributed by atoms with Crippen LogP contribution < -0.4 is 5.32 Å². The minimum atomic E-state index is -0.644. The van der Waals surface area contributed by atoms with Crippen molar-refractivity contribution in [1.29, 1.82) is 0 Å². The molecule has 0 saturated carbocycles. The quantitative estimate of drug-likeness (QED) is 0.846. The number of anilines is 1. The molecule has 0 aliphatic carbocycles. The highest BCUT2D eigenvalue weighted by atomic mass is 19.1. The van der Waals surface area contributed by atoms with Gasteiger partial charge in [0.1, 0.15) is 11.5 Å². The van der Waals surface area contributed by atoms with E-state index in [4.69, 9.17) is 4.74 Å². The molecule has 0 bridgehead atoms. The van der Waals surface area contributed by atoms with Crippen LogP contribution in [-0.4, -0.2) is 28.7 Å². The van der Waals surface area contributed by atoms with E-state index < -0.39 is 17.7 Å². The first kappa shape index (κ1) is 14.7. The largest absolute Gasteiger partial charge is 0.461 e. The van der Waals surface area contributed by atoms with Crippen LogP contribution in [0.4, 0.5) is 10.2 Å². The fraction of sp³-hybridized carbons (Fsp3) is 0.214. The molecule has 0 radical (unpaired) electrons. The van der Waals surface area contributed by atoms with E-state index in [0.29, 0.717) is 5.56 Å². The van der Waals surface area contributed by atoms with Gasteiger partial charge >= 0.3 is 5.97 Å². The zero-order chi connectivity index (χ0) is 15.4. The zero-order valence-corrected chi connectivity index (χ0v) is 11.6. The molecule has 2 N–H and O–H groups in total. The van der Waals surface area contributed by atoms with Gasteiger partial charge in [0.05, 0.1) is 12.2 Å². The van der Waals surface area contributed by atoms with Crippen molar-refractivity contribution in [2.75, 3.05) is 11.9 Å². The summed E-state index contributed by atoms with van der Waals surface area (Å²) in [7, 11) is 0. The Morgan fingerprint density at radius 2 is 2.14 bits per heavy atom. The fourth-order valence-corrected chi connectivity index (χ4v) is 1.69. The summed E-state index contributed by atoms with van der Waals surface area (Å²) in [6.45, 7) is 3.63. The maximum absolute atomic E-state index is 13.7. The van der Waals surface area contributed by atoms with Gasteiger partial charge in [0.25, 0.3) is 5.91 Å². The zero-order valence-electron chi connectivity index (χ0n) is 11.6. The molecule has 7 heteroatoms. The van der Waals surface area contributed by atoms with Crippen molar-refractivity contribution < 1.29 is 18.7 Å². The highest BCUT2D eigenvalue weighted by Gasteiger charge is 2.15. The number of rotatable bonds is 4. The lowest BCUT2D eigenvalue weighted by molar-refractivity contribution is 0.0519. The van der Waals surface area contributed by atoms with E-state index in [9.17, 15) is 14.0 Å². The standard InChI is InChI=1S/C14H14FN3O3/c1-3-21-14(20)11-7-12(18-17-11)16-13(19)9-5-4-8(2)6-10(9)15/h4-7H,3H2,1-2H3,(H2,16,17,18,19). The van der Waals surface area contributed by atoms with E-state index in [1.807, 2.05) is 0 Å². The van der Waals surface area contributed by atoms with Gasteiger partial charge in [-0.15, -0.1) is 0 Å². The molecule has 110 valence electrons. The van der Waals surface area contributed by atoms with E-state index in [2.05, 4.69) is 15.5 Å². The summed E-state index contributed by atoms with van der Waals surface area (Å²) in [5, 5.41) is 8.60. The number of nitrogens with one attached hydrogen (secondary N) is 2. The van der Waals surface area contributed by atoms with Crippen LogP contribution in [0.3, 0.4) is 0 Å². The van der Waals surface area contributed by atoms with Crippen molar-refractivity contribution in [3.05, 3.63) is 46.9 Å². The van der Waals surface area contributed by atoms with Crippen LogP contribution in [0.2, 0.25) is 0 Å². The number of benzene rings is 1. The number of aryl methyl sites for hydroxylation is 1. The van der Waals surface area contributed by atoms with Gasteiger partial charge in [-0.05, 0) is 31.5 Å². The van der Waals surface area contributed by atoms with Gasteiger partial charge in [0.15, 0.2) is 5.82 Å². The molecule has 2 aromatic rings. The van der Waals surface area contributed by atoms with E-state index in [1.165, 1.54) is 18.2 Å². The Labute approximate surface area is 120 Å². The lowest BCUT2D eigenvalue weighted by Gasteiger charge is -2.03. The predicted molar refractivity (Wildman–Crippen MR) is 73.6 cm³/mol. The number of esters is 1. The van der Waals surface area contributed by atoms with Crippen LogP contribution in [0, 0.1) is 12.7 Å². The molecule has 2 rings (SSSR count). The Bertz CT molecular complexity index is 682. The normalized spacial score (nSPS) is 10.2. The lowest BCUT2D eigenvalue weighted by atomic mass is 10.1. The number of hydrogen-bond acceptors (Lipinski definition) is 4. The molecule has 0 aliphatic heterocycles. The first-order chi connectivity index (χ1) is 10.0. The van der Waals surface area contributed by atoms with Crippen molar-refractivity contribution in [1.82, 2.24) is 10.2 Å². The van der Waals surface area contributed by atoms with Gasteiger partial charge in [0, 0.05) is 6.07 Å². The minimum absolute atomic E-state index is 0.0960. The second-order valence-corrected chi connectivity index (χ2v) is 4.32. The van der Waals surface area contributed by atoms with Crippen molar-refractivity contribution >= 4 is 17.7 Å². The molecule has 1 heterocycles. The first-order valence-corrected chi connectivity index (χ1v) is 6.31. The number of carbonyl (C=O) groups is 2. The fourth-order valence-electron chi connectivity index (χ4n) is 1.69. The van der Waals surface area contributed by atoms with Gasteiger partial charge in [-0.2, -0.15) is 5.10 Å². The third-order valence-electron chi connectivity index (χ3n) is 2.68. The average Bonchev–Trinajstić information content (AvgIpc) is 2.87. The van der Waals surface area contributed by atoms with E-state index in [1.54, 1.807) is 19.9 Å². The second kappa shape index (κ2) is 6.17. The lowest BCUT2D eigenvalue weighted by Crippen LogP contribution is -2.14.